The molecule has 29 heavy (non-hydrogen) atoms. The summed E-state index contributed by atoms with van der Waals surface area (Å²) in [4.78, 5) is 25.1. The summed E-state index contributed by atoms with van der Waals surface area (Å²) in [7, 11) is 0. The molecule has 8 heteroatoms. The molecule has 1 fully saturated rings. The third kappa shape index (κ3) is 4.78. The van der Waals surface area contributed by atoms with Gasteiger partial charge in [0.2, 0.25) is 0 Å². The number of benzene rings is 1. The Balaban J connectivity index is 1.70. The second kappa shape index (κ2) is 8.95. The van der Waals surface area contributed by atoms with Gasteiger partial charge in [0.05, 0.1) is 11.4 Å². The highest BCUT2D eigenvalue weighted by atomic mass is 35.5. The summed E-state index contributed by atoms with van der Waals surface area (Å²) in [5.74, 6) is -1.03. The first-order valence-electron chi connectivity index (χ1n) is 9.80. The molecule has 0 unspecified atom stereocenters. The number of amides is 1. The van der Waals surface area contributed by atoms with Crippen molar-refractivity contribution in [3.8, 4) is 5.69 Å². The molecule has 1 aromatic carbocycles. The van der Waals surface area contributed by atoms with E-state index in [1.54, 1.807) is 6.92 Å². The highest BCUT2D eigenvalue weighted by molar-refractivity contribution is 6.33. The molecule has 1 N–H and O–H groups in total. The van der Waals surface area contributed by atoms with Gasteiger partial charge in [0, 0.05) is 6.04 Å². The van der Waals surface area contributed by atoms with Gasteiger partial charge < -0.3 is 10.1 Å². The molecule has 1 aromatic heterocycles. The van der Waals surface area contributed by atoms with Crippen LogP contribution in [0.25, 0.3) is 5.69 Å². The average Bonchev–Trinajstić information content (AvgIpc) is 2.98. The van der Waals surface area contributed by atoms with Crippen LogP contribution in [0, 0.1) is 18.7 Å². The van der Waals surface area contributed by atoms with Crippen LogP contribution in [0.3, 0.4) is 0 Å². The van der Waals surface area contributed by atoms with Crippen LogP contribution in [-0.4, -0.2) is 33.8 Å². The number of carbonyl (C=O) groups excluding carboxylic acids is 2. The van der Waals surface area contributed by atoms with E-state index in [-0.39, 0.29) is 28.5 Å². The van der Waals surface area contributed by atoms with Gasteiger partial charge in [0.15, 0.2) is 6.10 Å². The van der Waals surface area contributed by atoms with Crippen LogP contribution in [0.4, 0.5) is 4.39 Å². The lowest BCUT2D eigenvalue weighted by Gasteiger charge is -2.30. The fourth-order valence-corrected chi connectivity index (χ4v) is 3.94. The predicted octanol–water partition coefficient (Wildman–Crippen LogP) is 4.21. The van der Waals surface area contributed by atoms with Gasteiger partial charge in [0.1, 0.15) is 16.5 Å². The van der Waals surface area contributed by atoms with Crippen LogP contribution in [-0.2, 0) is 9.53 Å². The van der Waals surface area contributed by atoms with Crippen molar-refractivity contribution in [1.82, 2.24) is 15.1 Å². The molecule has 1 aliphatic rings. The van der Waals surface area contributed by atoms with E-state index >= 15 is 0 Å². The molecule has 0 saturated heterocycles. The van der Waals surface area contributed by atoms with E-state index in [0.29, 0.717) is 17.3 Å². The first-order valence-corrected chi connectivity index (χ1v) is 10.2. The summed E-state index contributed by atoms with van der Waals surface area (Å²) in [5.41, 5.74) is 0.954. The van der Waals surface area contributed by atoms with Crippen LogP contribution in [0.5, 0.6) is 0 Å². The highest BCUT2D eigenvalue weighted by Gasteiger charge is 2.29. The number of aryl methyl sites for hydroxylation is 1. The summed E-state index contributed by atoms with van der Waals surface area (Å²) < 4.78 is 19.8. The highest BCUT2D eigenvalue weighted by Crippen LogP contribution is 2.26. The molecule has 1 heterocycles. The van der Waals surface area contributed by atoms with Gasteiger partial charge in [-0.05, 0) is 56.9 Å². The van der Waals surface area contributed by atoms with Crippen molar-refractivity contribution in [2.45, 2.75) is 58.6 Å². The monoisotopic (exact) mass is 421 g/mol. The minimum absolute atomic E-state index is 0.0487. The van der Waals surface area contributed by atoms with E-state index in [1.165, 1.54) is 42.3 Å². The van der Waals surface area contributed by atoms with Crippen LogP contribution < -0.4 is 5.32 Å². The van der Waals surface area contributed by atoms with Crippen LogP contribution in [0.1, 0.15) is 55.6 Å². The second-order valence-electron chi connectivity index (χ2n) is 7.56. The van der Waals surface area contributed by atoms with Gasteiger partial charge in [-0.3, -0.25) is 4.79 Å². The number of hydrogen-bond acceptors (Lipinski definition) is 4. The molecule has 0 bridgehead atoms. The Hall–Kier alpha value is -2.41. The predicted molar refractivity (Wildman–Crippen MR) is 108 cm³/mol. The summed E-state index contributed by atoms with van der Waals surface area (Å²) in [5, 5.41) is 7.28. The first-order chi connectivity index (χ1) is 13.8. The molecule has 1 amide bonds. The fraction of sp³-hybridized carbons (Fsp3) is 0.476. The second-order valence-corrected chi connectivity index (χ2v) is 7.92. The van der Waals surface area contributed by atoms with E-state index < -0.39 is 12.1 Å². The largest absolute Gasteiger partial charge is 0.449 e. The van der Waals surface area contributed by atoms with Crippen LogP contribution in [0.15, 0.2) is 24.3 Å². The lowest BCUT2D eigenvalue weighted by atomic mass is 9.86. The van der Waals surface area contributed by atoms with E-state index in [9.17, 15) is 14.0 Å². The molecule has 1 aliphatic carbocycles. The summed E-state index contributed by atoms with van der Waals surface area (Å²) in [6.07, 6.45) is 3.31. The Morgan fingerprint density at radius 3 is 2.59 bits per heavy atom. The Morgan fingerprint density at radius 1 is 1.28 bits per heavy atom. The number of halogens is 2. The molecule has 3 rings (SSSR count). The normalized spacial score (nSPS) is 20.2. The molecule has 0 spiro atoms. The maximum atomic E-state index is 13.2. The van der Waals surface area contributed by atoms with Crippen molar-refractivity contribution in [3.63, 3.8) is 0 Å². The van der Waals surface area contributed by atoms with Crippen molar-refractivity contribution in [1.29, 1.82) is 0 Å². The lowest BCUT2D eigenvalue weighted by molar-refractivity contribution is -0.130. The number of hydrogen-bond donors (Lipinski definition) is 1. The quantitative estimate of drug-likeness (QED) is 0.734. The van der Waals surface area contributed by atoms with Gasteiger partial charge in [0.25, 0.3) is 5.91 Å². The Kier molecular flexibility index (Phi) is 6.57. The van der Waals surface area contributed by atoms with Gasteiger partial charge in [-0.15, -0.1) is 0 Å². The van der Waals surface area contributed by atoms with Gasteiger partial charge in [-0.1, -0.05) is 31.4 Å². The van der Waals surface area contributed by atoms with Crippen molar-refractivity contribution in [3.05, 3.63) is 46.5 Å². The molecule has 156 valence electrons. The smallest absolute Gasteiger partial charge is 0.344 e. The molecule has 1 saturated carbocycles. The number of nitrogens with zero attached hydrogens (tertiary/aromatic N) is 2. The van der Waals surface area contributed by atoms with Gasteiger partial charge >= 0.3 is 5.97 Å². The van der Waals surface area contributed by atoms with Gasteiger partial charge in [-0.2, -0.15) is 5.10 Å². The molecule has 2 aromatic rings. The van der Waals surface area contributed by atoms with E-state index in [1.807, 2.05) is 0 Å². The van der Waals surface area contributed by atoms with Crippen molar-refractivity contribution < 1.29 is 18.7 Å². The Bertz CT molecular complexity index is 897. The maximum absolute atomic E-state index is 13.2. The average molecular weight is 422 g/mol. The van der Waals surface area contributed by atoms with E-state index in [2.05, 4.69) is 17.3 Å². The number of esters is 1. The molecular weight excluding hydrogens is 397 g/mol. The number of ether oxygens (including phenoxy) is 1. The molecule has 3 atom stereocenters. The van der Waals surface area contributed by atoms with Crippen molar-refractivity contribution >= 4 is 23.5 Å². The molecular formula is C21H25ClFN3O3. The van der Waals surface area contributed by atoms with E-state index in [4.69, 9.17) is 16.3 Å². The number of carbonyl (C=O) groups is 2. The topological polar surface area (TPSA) is 73.2 Å². The first kappa shape index (κ1) is 21.3. The third-order valence-electron chi connectivity index (χ3n) is 5.37. The summed E-state index contributed by atoms with van der Waals surface area (Å²) >= 11 is 6.34. The van der Waals surface area contributed by atoms with Crippen LogP contribution in [0.2, 0.25) is 5.15 Å². The zero-order valence-corrected chi connectivity index (χ0v) is 17.5. The molecule has 0 radical (unpaired) electrons. The number of aromatic nitrogens is 2. The standard InChI is InChI=1S/C21H25ClFN3O3/c1-12-6-4-5-7-17(12)24-20(27)14(3)29-21(28)18-13(2)25-26(19(18)22)16-10-8-15(23)9-11-16/h8-12,14,17H,4-7H2,1-3H3,(H,24,27)/t12-,14-,17-/m0/s1. The SMILES string of the molecule is Cc1nn(-c2ccc(F)cc2)c(Cl)c1C(=O)O[C@@H](C)C(=O)N[C@H]1CCCC[C@@H]1C. The van der Waals surface area contributed by atoms with Crippen molar-refractivity contribution in [2.75, 3.05) is 0 Å². The van der Waals surface area contributed by atoms with Crippen molar-refractivity contribution in [2.24, 2.45) is 5.92 Å². The summed E-state index contributed by atoms with van der Waals surface area (Å²) in [6.45, 7) is 5.28. The number of nitrogens with one attached hydrogen (secondary N) is 1. The lowest BCUT2D eigenvalue weighted by Crippen LogP contribution is -2.46. The molecule has 6 nitrogen and oxygen atoms in total. The van der Waals surface area contributed by atoms with Crippen LogP contribution >= 0.6 is 11.6 Å². The number of rotatable bonds is 5. The fourth-order valence-electron chi connectivity index (χ4n) is 3.59. The zero-order valence-electron chi connectivity index (χ0n) is 16.7. The maximum Gasteiger partial charge on any atom is 0.344 e. The Morgan fingerprint density at radius 2 is 1.93 bits per heavy atom. The van der Waals surface area contributed by atoms with E-state index in [0.717, 1.165) is 19.3 Å². The summed E-state index contributed by atoms with van der Waals surface area (Å²) in [6, 6.07) is 5.66. The Labute approximate surface area is 174 Å². The minimum atomic E-state index is -0.957. The zero-order chi connectivity index (χ0) is 21.1. The molecule has 0 aliphatic heterocycles. The third-order valence-corrected chi connectivity index (χ3v) is 5.72. The van der Waals surface area contributed by atoms with Gasteiger partial charge in [-0.25, -0.2) is 13.9 Å². The minimum Gasteiger partial charge on any atom is -0.449 e.